The highest BCUT2D eigenvalue weighted by Crippen LogP contribution is 2.31. The van der Waals surface area contributed by atoms with Crippen molar-refractivity contribution in [3.8, 4) is 6.07 Å². The molecular formula is C11H19NO4S. The van der Waals surface area contributed by atoms with Crippen LogP contribution in [-0.2, 0) is 14.6 Å². The van der Waals surface area contributed by atoms with Crippen molar-refractivity contribution >= 4 is 15.8 Å². The van der Waals surface area contributed by atoms with Crippen LogP contribution in [0.25, 0.3) is 0 Å². The zero-order chi connectivity index (χ0) is 13.7. The third-order valence-electron chi connectivity index (χ3n) is 2.97. The Kier molecular flexibility index (Phi) is 5.62. The minimum Gasteiger partial charge on any atom is -0.481 e. The van der Waals surface area contributed by atoms with Crippen molar-refractivity contribution in [2.75, 3.05) is 6.26 Å². The first-order valence-corrected chi connectivity index (χ1v) is 7.39. The van der Waals surface area contributed by atoms with Crippen LogP contribution in [0.4, 0.5) is 0 Å². The molecule has 0 saturated heterocycles. The van der Waals surface area contributed by atoms with Gasteiger partial charge in [-0.25, -0.2) is 8.42 Å². The lowest BCUT2D eigenvalue weighted by molar-refractivity contribution is -0.137. The number of hydrogen-bond acceptors (Lipinski definition) is 4. The SMILES string of the molecule is CC(C)C(C#N)(CCCCC(=O)O)S(C)(=O)=O. The molecule has 98 valence electrons. The molecule has 0 radical (unpaired) electrons. The molecule has 0 bridgehead atoms. The number of carbonyl (C=O) groups is 1. The van der Waals surface area contributed by atoms with Gasteiger partial charge < -0.3 is 5.11 Å². The van der Waals surface area contributed by atoms with Crippen LogP contribution in [0.2, 0.25) is 0 Å². The smallest absolute Gasteiger partial charge is 0.303 e. The molecule has 0 heterocycles. The fraction of sp³-hybridized carbons (Fsp3) is 0.818. The lowest BCUT2D eigenvalue weighted by Crippen LogP contribution is -2.41. The Morgan fingerprint density at radius 1 is 1.41 bits per heavy atom. The van der Waals surface area contributed by atoms with Crippen LogP contribution in [-0.4, -0.2) is 30.5 Å². The maximum Gasteiger partial charge on any atom is 0.303 e. The van der Waals surface area contributed by atoms with Crippen LogP contribution in [0.1, 0.15) is 39.5 Å². The quantitative estimate of drug-likeness (QED) is 0.702. The summed E-state index contributed by atoms with van der Waals surface area (Å²) in [6.07, 6.45) is 2.07. The van der Waals surface area contributed by atoms with Crippen molar-refractivity contribution < 1.29 is 18.3 Å². The van der Waals surface area contributed by atoms with Gasteiger partial charge in [-0.1, -0.05) is 20.3 Å². The molecule has 0 amide bonds. The monoisotopic (exact) mass is 261 g/mol. The van der Waals surface area contributed by atoms with Gasteiger partial charge >= 0.3 is 5.97 Å². The third-order valence-corrected chi connectivity index (χ3v) is 5.06. The van der Waals surface area contributed by atoms with Crippen LogP contribution in [0, 0.1) is 17.2 Å². The van der Waals surface area contributed by atoms with E-state index in [9.17, 15) is 13.2 Å². The van der Waals surface area contributed by atoms with E-state index in [-0.39, 0.29) is 18.8 Å². The van der Waals surface area contributed by atoms with Gasteiger partial charge in [-0.15, -0.1) is 0 Å². The first kappa shape index (κ1) is 15.9. The molecule has 0 spiro atoms. The zero-order valence-corrected chi connectivity index (χ0v) is 11.2. The molecule has 0 fully saturated rings. The van der Waals surface area contributed by atoms with E-state index < -0.39 is 20.6 Å². The van der Waals surface area contributed by atoms with E-state index in [4.69, 9.17) is 10.4 Å². The van der Waals surface area contributed by atoms with Gasteiger partial charge in [-0.05, 0) is 18.8 Å². The lowest BCUT2D eigenvalue weighted by atomic mass is 9.90. The third kappa shape index (κ3) is 4.00. The highest BCUT2D eigenvalue weighted by atomic mass is 32.2. The van der Waals surface area contributed by atoms with Crippen molar-refractivity contribution in [3.05, 3.63) is 0 Å². The zero-order valence-electron chi connectivity index (χ0n) is 10.4. The van der Waals surface area contributed by atoms with Gasteiger partial charge in [0, 0.05) is 12.7 Å². The van der Waals surface area contributed by atoms with E-state index >= 15 is 0 Å². The molecule has 0 aromatic rings. The Morgan fingerprint density at radius 3 is 2.24 bits per heavy atom. The number of nitrogens with zero attached hydrogens (tertiary/aromatic N) is 1. The Labute approximate surface area is 102 Å². The van der Waals surface area contributed by atoms with E-state index in [1.807, 2.05) is 6.07 Å². The summed E-state index contributed by atoms with van der Waals surface area (Å²) < 4.78 is 22.0. The fourth-order valence-electron chi connectivity index (χ4n) is 1.83. The Bertz CT molecular complexity index is 408. The van der Waals surface area contributed by atoms with Gasteiger partial charge in [-0.2, -0.15) is 5.26 Å². The average molecular weight is 261 g/mol. The summed E-state index contributed by atoms with van der Waals surface area (Å²) in [6.45, 7) is 3.39. The van der Waals surface area contributed by atoms with Crippen LogP contribution in [0.5, 0.6) is 0 Å². The predicted octanol–water partition coefficient (Wildman–Crippen LogP) is 1.59. The van der Waals surface area contributed by atoms with Gasteiger partial charge in [0.15, 0.2) is 14.6 Å². The van der Waals surface area contributed by atoms with E-state index in [2.05, 4.69) is 0 Å². The van der Waals surface area contributed by atoms with Crippen LogP contribution < -0.4 is 0 Å². The normalized spacial score (nSPS) is 15.2. The molecule has 0 aromatic carbocycles. The summed E-state index contributed by atoms with van der Waals surface area (Å²) in [4.78, 5) is 10.3. The van der Waals surface area contributed by atoms with Crippen LogP contribution in [0.15, 0.2) is 0 Å². The van der Waals surface area contributed by atoms with Gasteiger partial charge in [0.1, 0.15) is 0 Å². The molecule has 0 saturated carbocycles. The van der Waals surface area contributed by atoms with E-state index in [0.717, 1.165) is 6.26 Å². The molecule has 0 aliphatic carbocycles. The van der Waals surface area contributed by atoms with Gasteiger partial charge in [0.05, 0.1) is 6.07 Å². The Hall–Kier alpha value is -1.09. The summed E-state index contributed by atoms with van der Waals surface area (Å²) in [5.41, 5.74) is 0. The molecule has 1 N–H and O–H groups in total. The molecule has 1 atom stereocenters. The fourth-order valence-corrected chi connectivity index (χ4v) is 3.37. The number of aliphatic carboxylic acids is 1. The number of carboxylic acids is 1. The summed E-state index contributed by atoms with van der Waals surface area (Å²) in [7, 11) is -3.49. The number of rotatable bonds is 7. The maximum absolute atomic E-state index is 11.7. The predicted molar refractivity (Wildman–Crippen MR) is 64.1 cm³/mol. The van der Waals surface area contributed by atoms with Crippen LogP contribution >= 0.6 is 0 Å². The number of hydrogen-bond donors (Lipinski definition) is 1. The van der Waals surface area contributed by atoms with E-state index in [1.54, 1.807) is 13.8 Å². The second kappa shape index (κ2) is 6.01. The number of unbranched alkanes of at least 4 members (excludes halogenated alkanes) is 1. The molecule has 6 heteroatoms. The average Bonchev–Trinajstić information content (AvgIpc) is 2.15. The molecule has 0 aromatic heterocycles. The minimum atomic E-state index is -3.49. The Morgan fingerprint density at radius 2 is 1.94 bits per heavy atom. The van der Waals surface area contributed by atoms with Crippen molar-refractivity contribution in [1.82, 2.24) is 0 Å². The summed E-state index contributed by atoms with van der Waals surface area (Å²) in [5, 5.41) is 17.6. The van der Waals surface area contributed by atoms with E-state index in [1.165, 1.54) is 0 Å². The lowest BCUT2D eigenvalue weighted by Gasteiger charge is -2.28. The van der Waals surface area contributed by atoms with Crippen LogP contribution in [0.3, 0.4) is 0 Å². The van der Waals surface area contributed by atoms with E-state index in [0.29, 0.717) is 12.8 Å². The van der Waals surface area contributed by atoms with Crippen molar-refractivity contribution in [2.24, 2.45) is 5.92 Å². The molecular weight excluding hydrogens is 242 g/mol. The molecule has 0 aliphatic heterocycles. The van der Waals surface area contributed by atoms with Crippen molar-refractivity contribution in [3.63, 3.8) is 0 Å². The minimum absolute atomic E-state index is 0.00334. The summed E-state index contributed by atoms with van der Waals surface area (Å²) in [5.74, 6) is -1.22. The highest BCUT2D eigenvalue weighted by molar-refractivity contribution is 7.92. The Balaban J connectivity index is 4.76. The molecule has 17 heavy (non-hydrogen) atoms. The number of nitriles is 1. The maximum atomic E-state index is 11.7. The highest BCUT2D eigenvalue weighted by Gasteiger charge is 2.43. The largest absolute Gasteiger partial charge is 0.481 e. The second-order valence-electron chi connectivity index (χ2n) is 4.53. The molecule has 5 nitrogen and oxygen atoms in total. The number of sulfone groups is 1. The summed E-state index contributed by atoms with van der Waals surface area (Å²) in [6, 6.07) is 1.91. The summed E-state index contributed by atoms with van der Waals surface area (Å²) >= 11 is 0. The van der Waals surface area contributed by atoms with Gasteiger partial charge in [0.2, 0.25) is 0 Å². The number of carboxylic acid groups (broad SMARTS) is 1. The standard InChI is InChI=1S/C11H19NO4S/c1-9(2)11(8-12,17(3,15)16)7-5-4-6-10(13)14/h9H,4-7H2,1-3H3,(H,13,14). The topological polar surface area (TPSA) is 95.2 Å². The van der Waals surface area contributed by atoms with Gasteiger partial charge in [-0.3, -0.25) is 4.79 Å². The first-order chi connectivity index (χ1) is 7.67. The first-order valence-electron chi connectivity index (χ1n) is 5.50. The van der Waals surface area contributed by atoms with Crippen molar-refractivity contribution in [1.29, 1.82) is 5.26 Å². The van der Waals surface area contributed by atoms with Gasteiger partial charge in [0.25, 0.3) is 0 Å². The molecule has 0 aliphatic rings. The second-order valence-corrected chi connectivity index (χ2v) is 6.80. The van der Waals surface area contributed by atoms with Crippen molar-refractivity contribution in [2.45, 2.75) is 44.3 Å². The molecule has 1 unspecified atom stereocenters. The molecule has 0 rings (SSSR count).